The van der Waals surface area contributed by atoms with Crippen molar-refractivity contribution in [1.82, 2.24) is 0 Å². The van der Waals surface area contributed by atoms with Gasteiger partial charge in [0.05, 0.1) is 0 Å². The molecule has 3 heteroatoms. The van der Waals surface area contributed by atoms with Crippen molar-refractivity contribution in [1.29, 1.82) is 0 Å². The van der Waals surface area contributed by atoms with E-state index in [9.17, 15) is 0 Å². The molecule has 0 bridgehead atoms. The van der Waals surface area contributed by atoms with Gasteiger partial charge in [0.15, 0.2) is 0 Å². The second kappa shape index (κ2) is 4.92. The van der Waals surface area contributed by atoms with E-state index in [1.807, 2.05) is 0 Å². The number of aryl methyl sites for hydroxylation is 2. The van der Waals surface area contributed by atoms with Crippen LogP contribution in [0.3, 0.4) is 0 Å². The Bertz CT molecular complexity index is 396. The van der Waals surface area contributed by atoms with Gasteiger partial charge in [-0.15, -0.1) is 0 Å². The summed E-state index contributed by atoms with van der Waals surface area (Å²) in [6.07, 6.45) is 0. The van der Waals surface area contributed by atoms with Gasteiger partial charge >= 0.3 is 0 Å². The molecule has 0 radical (unpaired) electrons. The fourth-order valence-electron chi connectivity index (χ4n) is 1.41. The molecule has 0 spiro atoms. The predicted molar refractivity (Wildman–Crippen MR) is 86.5 cm³/mol. The normalized spacial score (nSPS) is 12.7. The Kier molecular flexibility index (Phi) is 4.35. The molecule has 1 nitrogen and oxygen atoms in total. The van der Waals surface area contributed by atoms with Crippen molar-refractivity contribution < 1.29 is 4.43 Å². The Morgan fingerprint density at radius 3 is 1.82 bits per heavy atom. The zero-order valence-electron chi connectivity index (χ0n) is 11.9. The minimum atomic E-state index is -1.71. The van der Waals surface area contributed by atoms with Crippen LogP contribution < -0.4 is 4.43 Å². The van der Waals surface area contributed by atoms with Crippen LogP contribution in [0.2, 0.25) is 18.1 Å². The van der Waals surface area contributed by atoms with Crippen molar-refractivity contribution in [2.75, 3.05) is 0 Å². The number of hydrogen-bond acceptors (Lipinski definition) is 1. The van der Waals surface area contributed by atoms with Crippen molar-refractivity contribution in [3.8, 4) is 5.75 Å². The molecule has 96 valence electrons. The van der Waals surface area contributed by atoms with Crippen molar-refractivity contribution >= 4 is 30.9 Å². The average molecular weight is 362 g/mol. The Hall–Kier alpha value is -0.0331. The third-order valence-corrected chi connectivity index (χ3v) is 9.65. The number of halogens is 1. The molecule has 0 atom stereocenters. The molecule has 1 aromatic carbocycles. The molecule has 0 saturated heterocycles. The quantitative estimate of drug-likeness (QED) is 0.513. The van der Waals surface area contributed by atoms with Gasteiger partial charge in [-0.05, 0) is 77.8 Å². The summed E-state index contributed by atoms with van der Waals surface area (Å²) in [6, 6.07) is 4.32. The fraction of sp³-hybridized carbons (Fsp3) is 0.571. The predicted octanol–water partition coefficient (Wildman–Crippen LogP) is 5.29. The highest BCUT2D eigenvalue weighted by atomic mass is 127. The standard InChI is InChI=1S/C14H23IOSi/c1-10-8-12(9-11(2)13(10)15)16-17(6,7)14(3,4)5/h8-9H,1-7H3. The molecule has 0 fully saturated rings. The summed E-state index contributed by atoms with van der Waals surface area (Å²) in [6.45, 7) is 15.7. The fourth-order valence-corrected chi connectivity index (χ4v) is 2.74. The molecule has 0 heterocycles. The highest BCUT2D eigenvalue weighted by Crippen LogP contribution is 2.38. The van der Waals surface area contributed by atoms with Gasteiger partial charge in [-0.2, -0.15) is 0 Å². The third-order valence-electron chi connectivity index (χ3n) is 3.59. The van der Waals surface area contributed by atoms with E-state index in [2.05, 4.69) is 82.4 Å². The summed E-state index contributed by atoms with van der Waals surface area (Å²) in [4.78, 5) is 0. The van der Waals surface area contributed by atoms with Gasteiger partial charge in [-0.1, -0.05) is 20.8 Å². The maximum absolute atomic E-state index is 6.32. The van der Waals surface area contributed by atoms with Crippen molar-refractivity contribution in [3.05, 3.63) is 26.8 Å². The van der Waals surface area contributed by atoms with Crippen molar-refractivity contribution in [2.45, 2.75) is 52.8 Å². The van der Waals surface area contributed by atoms with Crippen LogP contribution in [-0.2, 0) is 0 Å². The van der Waals surface area contributed by atoms with Crippen LogP contribution in [-0.4, -0.2) is 8.32 Å². The van der Waals surface area contributed by atoms with Crippen molar-refractivity contribution in [2.24, 2.45) is 0 Å². The largest absolute Gasteiger partial charge is 0.543 e. The molecule has 1 rings (SSSR count). The van der Waals surface area contributed by atoms with E-state index in [4.69, 9.17) is 4.43 Å². The Balaban J connectivity index is 3.05. The Morgan fingerprint density at radius 2 is 1.47 bits per heavy atom. The van der Waals surface area contributed by atoms with Crippen LogP contribution in [0.4, 0.5) is 0 Å². The maximum Gasteiger partial charge on any atom is 0.250 e. The molecular weight excluding hydrogens is 339 g/mol. The summed E-state index contributed by atoms with van der Waals surface area (Å²) in [5.74, 6) is 1.03. The average Bonchev–Trinajstić information content (AvgIpc) is 2.11. The van der Waals surface area contributed by atoms with Gasteiger partial charge in [0.1, 0.15) is 5.75 Å². The maximum atomic E-state index is 6.32. The first kappa shape index (κ1) is 15.0. The van der Waals surface area contributed by atoms with Gasteiger partial charge < -0.3 is 4.43 Å². The molecule has 0 aliphatic carbocycles. The Morgan fingerprint density at radius 1 is 1.06 bits per heavy atom. The van der Waals surface area contributed by atoms with Gasteiger partial charge in [0, 0.05) is 3.57 Å². The Labute approximate surface area is 120 Å². The second-order valence-electron chi connectivity index (χ2n) is 6.23. The second-order valence-corrected chi connectivity index (χ2v) is 12.0. The van der Waals surface area contributed by atoms with E-state index in [0.717, 1.165) is 5.75 Å². The van der Waals surface area contributed by atoms with E-state index in [-0.39, 0.29) is 5.04 Å². The van der Waals surface area contributed by atoms with Crippen LogP contribution in [0.1, 0.15) is 31.9 Å². The molecule has 0 saturated carbocycles. The lowest BCUT2D eigenvalue weighted by atomic mass is 10.1. The molecule has 0 unspecified atom stereocenters. The lowest BCUT2D eigenvalue weighted by Crippen LogP contribution is -2.43. The van der Waals surface area contributed by atoms with Gasteiger partial charge in [-0.25, -0.2) is 0 Å². The van der Waals surface area contributed by atoms with Gasteiger partial charge in [0.25, 0.3) is 0 Å². The number of benzene rings is 1. The van der Waals surface area contributed by atoms with Crippen LogP contribution in [0.5, 0.6) is 5.75 Å². The molecule has 17 heavy (non-hydrogen) atoms. The lowest BCUT2D eigenvalue weighted by Gasteiger charge is -2.36. The molecule has 0 aliphatic heterocycles. The summed E-state index contributed by atoms with van der Waals surface area (Å²) in [5, 5.41) is 0.248. The van der Waals surface area contributed by atoms with E-state index in [1.54, 1.807) is 0 Å². The van der Waals surface area contributed by atoms with Gasteiger partial charge in [-0.3, -0.25) is 0 Å². The molecule has 0 amide bonds. The smallest absolute Gasteiger partial charge is 0.250 e. The molecule has 0 N–H and O–H groups in total. The first-order valence-corrected chi connectivity index (χ1v) is 9.99. The van der Waals surface area contributed by atoms with E-state index >= 15 is 0 Å². The summed E-state index contributed by atoms with van der Waals surface area (Å²) in [5.41, 5.74) is 2.61. The minimum Gasteiger partial charge on any atom is -0.543 e. The van der Waals surface area contributed by atoms with E-state index in [0.29, 0.717) is 0 Å². The lowest BCUT2D eigenvalue weighted by molar-refractivity contribution is 0.491. The molecule has 0 aliphatic rings. The van der Waals surface area contributed by atoms with E-state index < -0.39 is 8.32 Å². The first-order chi connectivity index (χ1) is 7.54. The first-order valence-electron chi connectivity index (χ1n) is 6.00. The summed E-state index contributed by atoms with van der Waals surface area (Å²) >= 11 is 2.39. The summed E-state index contributed by atoms with van der Waals surface area (Å²) in [7, 11) is -1.71. The van der Waals surface area contributed by atoms with Crippen LogP contribution in [0.15, 0.2) is 12.1 Å². The zero-order chi connectivity index (χ0) is 13.4. The van der Waals surface area contributed by atoms with E-state index in [1.165, 1.54) is 14.7 Å². The molecule has 0 aromatic heterocycles. The van der Waals surface area contributed by atoms with Crippen LogP contribution in [0.25, 0.3) is 0 Å². The molecular formula is C14H23IOSi. The number of rotatable bonds is 2. The van der Waals surface area contributed by atoms with Crippen LogP contribution in [0, 0.1) is 17.4 Å². The highest BCUT2D eigenvalue weighted by molar-refractivity contribution is 14.1. The topological polar surface area (TPSA) is 9.23 Å². The van der Waals surface area contributed by atoms with Crippen LogP contribution >= 0.6 is 22.6 Å². The van der Waals surface area contributed by atoms with Crippen molar-refractivity contribution in [3.63, 3.8) is 0 Å². The third kappa shape index (κ3) is 3.47. The number of hydrogen-bond donors (Lipinski definition) is 0. The zero-order valence-corrected chi connectivity index (χ0v) is 15.1. The molecule has 1 aromatic rings. The summed E-state index contributed by atoms with van der Waals surface area (Å²) < 4.78 is 7.66. The SMILES string of the molecule is Cc1cc(O[Si](C)(C)C(C)(C)C)cc(C)c1I. The highest BCUT2D eigenvalue weighted by Gasteiger charge is 2.39. The minimum absolute atomic E-state index is 0.248. The van der Waals surface area contributed by atoms with Gasteiger partial charge in [0.2, 0.25) is 8.32 Å². The monoisotopic (exact) mass is 362 g/mol.